The van der Waals surface area contributed by atoms with E-state index in [1.165, 1.54) is 0 Å². The lowest BCUT2D eigenvalue weighted by atomic mass is 10.2. The van der Waals surface area contributed by atoms with Crippen molar-refractivity contribution in [2.75, 3.05) is 0 Å². The van der Waals surface area contributed by atoms with Crippen LogP contribution < -0.4 is 5.32 Å². The van der Waals surface area contributed by atoms with Crippen molar-refractivity contribution in [2.24, 2.45) is 0 Å². The van der Waals surface area contributed by atoms with Gasteiger partial charge in [0.05, 0.1) is 5.56 Å². The van der Waals surface area contributed by atoms with Crippen molar-refractivity contribution in [1.29, 1.82) is 0 Å². The Morgan fingerprint density at radius 3 is 2.61 bits per heavy atom. The van der Waals surface area contributed by atoms with Crippen molar-refractivity contribution in [3.63, 3.8) is 0 Å². The number of carbonyl (C=O) groups is 2. The Morgan fingerprint density at radius 1 is 1.44 bits per heavy atom. The van der Waals surface area contributed by atoms with Crippen molar-refractivity contribution in [3.8, 4) is 0 Å². The minimum absolute atomic E-state index is 0.213. The van der Waals surface area contributed by atoms with Gasteiger partial charge in [-0.3, -0.25) is 4.79 Å². The fourth-order valence-electron chi connectivity index (χ4n) is 1.66. The largest absolute Gasteiger partial charge is 0.449 e. The highest BCUT2D eigenvalue weighted by atomic mass is 32.1. The van der Waals surface area contributed by atoms with E-state index in [4.69, 9.17) is 4.74 Å². The molecule has 0 saturated heterocycles. The first-order valence-corrected chi connectivity index (χ1v) is 6.87. The van der Waals surface area contributed by atoms with Gasteiger partial charge in [0.1, 0.15) is 0 Å². The number of amides is 1. The SMILES string of the molecule is Cc1cc(C(=O)O[C@@H](C)C(=O)NC2CC2)c(C)s1. The van der Waals surface area contributed by atoms with Gasteiger partial charge in [-0.2, -0.15) is 0 Å². The molecule has 98 valence electrons. The topological polar surface area (TPSA) is 55.4 Å². The molecule has 1 amide bonds. The number of thiophene rings is 1. The zero-order chi connectivity index (χ0) is 13.3. The molecule has 2 rings (SSSR count). The zero-order valence-corrected chi connectivity index (χ0v) is 11.6. The lowest BCUT2D eigenvalue weighted by Crippen LogP contribution is -2.37. The van der Waals surface area contributed by atoms with Crippen LogP contribution in [-0.4, -0.2) is 24.0 Å². The quantitative estimate of drug-likeness (QED) is 0.851. The van der Waals surface area contributed by atoms with Crippen LogP contribution in [0.1, 0.15) is 39.9 Å². The van der Waals surface area contributed by atoms with Gasteiger partial charge in [-0.15, -0.1) is 11.3 Å². The normalized spacial score (nSPS) is 16.2. The highest BCUT2D eigenvalue weighted by molar-refractivity contribution is 7.12. The summed E-state index contributed by atoms with van der Waals surface area (Å²) in [4.78, 5) is 25.6. The molecule has 0 spiro atoms. The molecule has 0 radical (unpaired) electrons. The van der Waals surface area contributed by atoms with E-state index in [9.17, 15) is 9.59 Å². The van der Waals surface area contributed by atoms with Crippen molar-refractivity contribution < 1.29 is 14.3 Å². The average Bonchev–Trinajstić information content (AvgIpc) is 3.02. The molecule has 1 aliphatic carbocycles. The highest BCUT2D eigenvalue weighted by Gasteiger charge is 2.27. The fraction of sp³-hybridized carbons (Fsp3) is 0.538. The standard InChI is InChI=1S/C13H17NO3S/c1-7-6-11(9(3)18-7)13(16)17-8(2)12(15)14-10-4-5-10/h6,8,10H,4-5H2,1-3H3,(H,14,15)/t8-/m0/s1. The Bertz CT molecular complexity index is 477. The number of aryl methyl sites for hydroxylation is 2. The second kappa shape index (κ2) is 5.10. The molecule has 0 aliphatic heterocycles. The third kappa shape index (κ3) is 3.10. The van der Waals surface area contributed by atoms with E-state index < -0.39 is 12.1 Å². The van der Waals surface area contributed by atoms with Gasteiger partial charge in [-0.25, -0.2) is 4.79 Å². The van der Waals surface area contributed by atoms with E-state index >= 15 is 0 Å². The second-order valence-corrected chi connectivity index (χ2v) is 6.12. The highest BCUT2D eigenvalue weighted by Crippen LogP contribution is 2.22. The van der Waals surface area contributed by atoms with Gasteiger partial charge in [0.25, 0.3) is 5.91 Å². The number of rotatable bonds is 4. The van der Waals surface area contributed by atoms with E-state index in [1.54, 1.807) is 24.3 Å². The predicted octanol–water partition coefficient (Wildman–Crippen LogP) is 2.19. The van der Waals surface area contributed by atoms with E-state index in [0.717, 1.165) is 22.6 Å². The number of ether oxygens (including phenoxy) is 1. The van der Waals surface area contributed by atoms with E-state index in [-0.39, 0.29) is 11.9 Å². The monoisotopic (exact) mass is 267 g/mol. The van der Waals surface area contributed by atoms with Crippen LogP contribution in [0.3, 0.4) is 0 Å². The summed E-state index contributed by atoms with van der Waals surface area (Å²) in [5.41, 5.74) is 0.559. The summed E-state index contributed by atoms with van der Waals surface area (Å²) in [6.45, 7) is 5.42. The van der Waals surface area contributed by atoms with E-state index in [1.807, 2.05) is 13.8 Å². The van der Waals surface area contributed by atoms with Crippen molar-refractivity contribution in [1.82, 2.24) is 5.32 Å². The lowest BCUT2D eigenvalue weighted by Gasteiger charge is -2.12. The Morgan fingerprint density at radius 2 is 2.11 bits per heavy atom. The Kier molecular flexibility index (Phi) is 3.71. The van der Waals surface area contributed by atoms with Gasteiger partial charge in [-0.1, -0.05) is 0 Å². The molecule has 1 N–H and O–H groups in total. The molecule has 0 aromatic carbocycles. The molecule has 4 nitrogen and oxygen atoms in total. The van der Waals surface area contributed by atoms with Crippen LogP contribution in [-0.2, 0) is 9.53 Å². The fourth-order valence-corrected chi connectivity index (χ4v) is 2.57. The van der Waals surface area contributed by atoms with Crippen molar-refractivity contribution in [3.05, 3.63) is 21.4 Å². The summed E-state index contributed by atoms with van der Waals surface area (Å²) >= 11 is 1.55. The van der Waals surface area contributed by atoms with Crippen LogP contribution in [0.2, 0.25) is 0 Å². The summed E-state index contributed by atoms with van der Waals surface area (Å²) in [7, 11) is 0. The Labute approximate surface area is 110 Å². The Hall–Kier alpha value is -1.36. The van der Waals surface area contributed by atoms with Gasteiger partial charge in [0, 0.05) is 15.8 Å². The number of hydrogen-bond acceptors (Lipinski definition) is 4. The molecular weight excluding hydrogens is 250 g/mol. The molecular formula is C13H17NO3S. The van der Waals surface area contributed by atoms with E-state index in [2.05, 4.69) is 5.32 Å². The molecule has 18 heavy (non-hydrogen) atoms. The first-order valence-electron chi connectivity index (χ1n) is 6.05. The molecule has 5 heteroatoms. The number of hydrogen-bond donors (Lipinski definition) is 1. The summed E-state index contributed by atoms with van der Waals surface area (Å²) in [5.74, 6) is -0.634. The maximum Gasteiger partial charge on any atom is 0.340 e. The van der Waals surface area contributed by atoms with Gasteiger partial charge in [0.2, 0.25) is 0 Å². The van der Waals surface area contributed by atoms with Crippen LogP contribution in [0.15, 0.2) is 6.07 Å². The molecule has 1 atom stereocenters. The number of carbonyl (C=O) groups excluding carboxylic acids is 2. The van der Waals surface area contributed by atoms with Gasteiger partial charge in [0.15, 0.2) is 6.10 Å². The molecule has 1 aliphatic rings. The first-order chi connectivity index (χ1) is 8.47. The van der Waals surface area contributed by atoms with Gasteiger partial charge in [-0.05, 0) is 39.7 Å². The third-order valence-electron chi connectivity index (χ3n) is 2.84. The van der Waals surface area contributed by atoms with Crippen molar-refractivity contribution in [2.45, 2.75) is 45.8 Å². The van der Waals surface area contributed by atoms with Crippen LogP contribution in [0.5, 0.6) is 0 Å². The molecule has 1 fully saturated rings. The van der Waals surface area contributed by atoms with Crippen LogP contribution in [0, 0.1) is 13.8 Å². The smallest absolute Gasteiger partial charge is 0.340 e. The lowest BCUT2D eigenvalue weighted by molar-refractivity contribution is -0.129. The summed E-state index contributed by atoms with van der Waals surface area (Å²) in [6.07, 6.45) is 1.31. The van der Waals surface area contributed by atoms with Crippen LogP contribution >= 0.6 is 11.3 Å². The van der Waals surface area contributed by atoms with Gasteiger partial charge >= 0.3 is 5.97 Å². The molecule has 1 saturated carbocycles. The average molecular weight is 267 g/mol. The minimum Gasteiger partial charge on any atom is -0.449 e. The summed E-state index contributed by atoms with van der Waals surface area (Å²) in [6, 6.07) is 2.08. The Balaban J connectivity index is 1.93. The summed E-state index contributed by atoms with van der Waals surface area (Å²) in [5, 5.41) is 2.82. The second-order valence-electron chi connectivity index (χ2n) is 4.66. The third-order valence-corrected chi connectivity index (χ3v) is 3.80. The van der Waals surface area contributed by atoms with Crippen LogP contribution in [0.25, 0.3) is 0 Å². The summed E-state index contributed by atoms with van der Waals surface area (Å²) < 4.78 is 5.18. The molecule has 0 unspecified atom stereocenters. The number of nitrogens with one attached hydrogen (secondary N) is 1. The van der Waals surface area contributed by atoms with Crippen LogP contribution in [0.4, 0.5) is 0 Å². The maximum atomic E-state index is 11.9. The first kappa shape index (κ1) is 13.1. The molecule has 0 bridgehead atoms. The molecule has 1 aromatic heterocycles. The maximum absolute atomic E-state index is 11.9. The molecule has 1 aromatic rings. The van der Waals surface area contributed by atoms with E-state index in [0.29, 0.717) is 5.56 Å². The zero-order valence-electron chi connectivity index (χ0n) is 10.8. The van der Waals surface area contributed by atoms with Crippen molar-refractivity contribution >= 4 is 23.2 Å². The number of esters is 1. The predicted molar refractivity (Wildman–Crippen MR) is 69.8 cm³/mol. The minimum atomic E-state index is -0.738. The molecule has 1 heterocycles. The van der Waals surface area contributed by atoms with Gasteiger partial charge < -0.3 is 10.1 Å².